The molecule has 0 aliphatic heterocycles. The molecule has 0 spiro atoms. The number of nitrogens with two attached hydrogens (primary N) is 1. The summed E-state index contributed by atoms with van der Waals surface area (Å²) < 4.78 is 0. The second kappa shape index (κ2) is 6.41. The summed E-state index contributed by atoms with van der Waals surface area (Å²) in [4.78, 5) is 13.6. The third-order valence-electron chi connectivity index (χ3n) is 4.97. The SMILES string of the molecule is Cc1ccc(SCCNC(=O)C2C3CCC(C3)C2N)cc1. The van der Waals surface area contributed by atoms with Gasteiger partial charge in [0.05, 0.1) is 5.92 Å². The van der Waals surface area contributed by atoms with Gasteiger partial charge in [0.15, 0.2) is 0 Å². The van der Waals surface area contributed by atoms with Crippen molar-refractivity contribution in [3.8, 4) is 0 Å². The smallest absolute Gasteiger partial charge is 0.224 e. The molecule has 2 saturated carbocycles. The van der Waals surface area contributed by atoms with E-state index in [4.69, 9.17) is 5.73 Å². The Balaban J connectivity index is 1.41. The standard InChI is InChI=1S/C17H24N2OS/c1-11-2-6-14(7-3-11)21-9-8-19-17(20)15-12-4-5-13(10-12)16(15)18/h2-3,6-7,12-13,15-16H,4-5,8-10,18H2,1H3,(H,19,20). The van der Waals surface area contributed by atoms with Gasteiger partial charge in [-0.2, -0.15) is 0 Å². The Bertz CT molecular complexity index is 500. The van der Waals surface area contributed by atoms with E-state index < -0.39 is 0 Å². The fraction of sp³-hybridized carbons (Fsp3) is 0.588. The highest BCUT2D eigenvalue weighted by Crippen LogP contribution is 2.47. The van der Waals surface area contributed by atoms with Crippen molar-refractivity contribution in [2.75, 3.05) is 12.3 Å². The summed E-state index contributed by atoms with van der Waals surface area (Å²) in [6, 6.07) is 8.60. The van der Waals surface area contributed by atoms with Crippen LogP contribution in [0.2, 0.25) is 0 Å². The number of fused-ring (bicyclic) bond motifs is 2. The van der Waals surface area contributed by atoms with Gasteiger partial charge in [0.1, 0.15) is 0 Å². The fourth-order valence-electron chi connectivity index (χ4n) is 3.82. The molecule has 3 nitrogen and oxygen atoms in total. The van der Waals surface area contributed by atoms with Gasteiger partial charge >= 0.3 is 0 Å². The second-order valence-corrected chi connectivity index (χ2v) is 7.56. The molecule has 2 fully saturated rings. The van der Waals surface area contributed by atoms with Crippen LogP contribution in [0.4, 0.5) is 0 Å². The van der Waals surface area contributed by atoms with E-state index in [0.29, 0.717) is 11.8 Å². The fourth-order valence-corrected chi connectivity index (χ4v) is 4.59. The maximum absolute atomic E-state index is 12.3. The zero-order chi connectivity index (χ0) is 14.8. The number of hydrogen-bond acceptors (Lipinski definition) is 3. The van der Waals surface area contributed by atoms with Crippen molar-refractivity contribution in [2.24, 2.45) is 23.5 Å². The molecule has 3 rings (SSSR count). The van der Waals surface area contributed by atoms with Crippen LogP contribution in [-0.2, 0) is 4.79 Å². The summed E-state index contributed by atoms with van der Waals surface area (Å²) in [7, 11) is 0. The predicted molar refractivity (Wildman–Crippen MR) is 87.2 cm³/mol. The van der Waals surface area contributed by atoms with Gasteiger partial charge in [0.2, 0.25) is 5.91 Å². The van der Waals surface area contributed by atoms with E-state index in [-0.39, 0.29) is 17.9 Å². The molecule has 2 aliphatic rings. The van der Waals surface area contributed by atoms with E-state index in [2.05, 4.69) is 36.5 Å². The van der Waals surface area contributed by atoms with Crippen LogP contribution in [0.3, 0.4) is 0 Å². The highest BCUT2D eigenvalue weighted by atomic mass is 32.2. The molecule has 4 heteroatoms. The Labute approximate surface area is 131 Å². The number of hydrogen-bond donors (Lipinski definition) is 2. The van der Waals surface area contributed by atoms with Crippen LogP contribution in [0.25, 0.3) is 0 Å². The van der Waals surface area contributed by atoms with Crippen molar-refractivity contribution in [1.82, 2.24) is 5.32 Å². The normalized spacial score (nSPS) is 30.6. The van der Waals surface area contributed by atoms with Gasteiger partial charge in [-0.15, -0.1) is 11.8 Å². The van der Waals surface area contributed by atoms with Gasteiger partial charge in [-0.05, 0) is 50.2 Å². The summed E-state index contributed by atoms with van der Waals surface area (Å²) in [6.07, 6.45) is 3.57. The zero-order valence-electron chi connectivity index (χ0n) is 12.5. The lowest BCUT2D eigenvalue weighted by atomic mass is 9.84. The molecule has 0 saturated heterocycles. The molecule has 4 unspecified atom stereocenters. The Hall–Kier alpha value is -1.00. The lowest BCUT2D eigenvalue weighted by Gasteiger charge is -2.26. The molecule has 0 radical (unpaired) electrons. The summed E-state index contributed by atoms with van der Waals surface area (Å²) in [5, 5.41) is 3.08. The van der Waals surface area contributed by atoms with Crippen molar-refractivity contribution in [3.05, 3.63) is 29.8 Å². The molecule has 2 aliphatic carbocycles. The van der Waals surface area contributed by atoms with Crippen molar-refractivity contribution in [2.45, 2.75) is 37.1 Å². The van der Waals surface area contributed by atoms with Crippen LogP contribution < -0.4 is 11.1 Å². The monoisotopic (exact) mass is 304 g/mol. The summed E-state index contributed by atoms with van der Waals surface area (Å²) >= 11 is 1.78. The van der Waals surface area contributed by atoms with Crippen LogP contribution in [0.1, 0.15) is 24.8 Å². The van der Waals surface area contributed by atoms with Gasteiger partial charge in [-0.1, -0.05) is 17.7 Å². The number of amides is 1. The lowest BCUT2D eigenvalue weighted by Crippen LogP contribution is -2.45. The Morgan fingerprint density at radius 1 is 1.29 bits per heavy atom. The Morgan fingerprint density at radius 2 is 2.00 bits per heavy atom. The van der Waals surface area contributed by atoms with Crippen LogP contribution >= 0.6 is 11.8 Å². The molecule has 1 amide bonds. The van der Waals surface area contributed by atoms with Crippen LogP contribution in [-0.4, -0.2) is 24.2 Å². The minimum absolute atomic E-state index is 0.0631. The number of aryl methyl sites for hydroxylation is 1. The third-order valence-corrected chi connectivity index (χ3v) is 5.99. The number of nitrogens with one attached hydrogen (secondary N) is 1. The summed E-state index contributed by atoms with van der Waals surface area (Å²) in [5.41, 5.74) is 7.48. The van der Waals surface area contributed by atoms with E-state index in [1.807, 2.05) is 0 Å². The number of rotatable bonds is 5. The van der Waals surface area contributed by atoms with Crippen LogP contribution in [0.5, 0.6) is 0 Å². The number of thioether (sulfide) groups is 1. The molecule has 21 heavy (non-hydrogen) atoms. The highest BCUT2D eigenvalue weighted by molar-refractivity contribution is 7.99. The molecule has 0 aromatic heterocycles. The van der Waals surface area contributed by atoms with Crippen LogP contribution in [0, 0.1) is 24.7 Å². The van der Waals surface area contributed by atoms with E-state index in [1.54, 1.807) is 11.8 Å². The molecule has 3 N–H and O–H groups in total. The van der Waals surface area contributed by atoms with Crippen molar-refractivity contribution in [1.29, 1.82) is 0 Å². The van der Waals surface area contributed by atoms with Crippen molar-refractivity contribution >= 4 is 17.7 Å². The van der Waals surface area contributed by atoms with E-state index in [9.17, 15) is 4.79 Å². The van der Waals surface area contributed by atoms with Gasteiger partial charge in [0, 0.05) is 23.2 Å². The highest BCUT2D eigenvalue weighted by Gasteiger charge is 2.48. The largest absolute Gasteiger partial charge is 0.355 e. The Morgan fingerprint density at radius 3 is 2.67 bits per heavy atom. The first kappa shape index (κ1) is 14.9. The zero-order valence-corrected chi connectivity index (χ0v) is 13.4. The van der Waals surface area contributed by atoms with E-state index in [1.165, 1.54) is 23.3 Å². The maximum atomic E-state index is 12.3. The lowest BCUT2D eigenvalue weighted by molar-refractivity contribution is -0.126. The molecule has 0 heterocycles. The topological polar surface area (TPSA) is 55.1 Å². The first-order chi connectivity index (χ1) is 10.1. The molecule has 1 aromatic rings. The van der Waals surface area contributed by atoms with Gasteiger partial charge in [0.25, 0.3) is 0 Å². The van der Waals surface area contributed by atoms with Crippen molar-refractivity contribution in [3.63, 3.8) is 0 Å². The van der Waals surface area contributed by atoms with Gasteiger partial charge in [-0.3, -0.25) is 4.79 Å². The minimum atomic E-state index is 0.0631. The molecular formula is C17H24N2OS. The molecular weight excluding hydrogens is 280 g/mol. The molecule has 4 atom stereocenters. The first-order valence-electron chi connectivity index (χ1n) is 7.88. The van der Waals surface area contributed by atoms with Gasteiger partial charge < -0.3 is 11.1 Å². The first-order valence-corrected chi connectivity index (χ1v) is 8.86. The predicted octanol–water partition coefficient (Wildman–Crippen LogP) is 2.58. The summed E-state index contributed by atoms with van der Waals surface area (Å²) in [5.74, 6) is 2.28. The Kier molecular flexibility index (Phi) is 4.55. The minimum Gasteiger partial charge on any atom is -0.355 e. The molecule has 1 aromatic carbocycles. The number of benzene rings is 1. The average molecular weight is 304 g/mol. The maximum Gasteiger partial charge on any atom is 0.224 e. The quantitative estimate of drug-likeness (QED) is 0.649. The molecule has 2 bridgehead atoms. The van der Waals surface area contributed by atoms with Gasteiger partial charge in [-0.25, -0.2) is 0 Å². The molecule has 114 valence electrons. The second-order valence-electron chi connectivity index (χ2n) is 6.39. The van der Waals surface area contributed by atoms with E-state index in [0.717, 1.165) is 18.7 Å². The third kappa shape index (κ3) is 3.27. The average Bonchev–Trinajstić information content (AvgIpc) is 3.06. The summed E-state index contributed by atoms with van der Waals surface area (Å²) in [6.45, 7) is 2.81. The van der Waals surface area contributed by atoms with E-state index >= 15 is 0 Å². The number of carbonyl (C=O) groups excluding carboxylic acids is 1. The number of carbonyl (C=O) groups is 1. The van der Waals surface area contributed by atoms with Crippen molar-refractivity contribution < 1.29 is 4.79 Å². The van der Waals surface area contributed by atoms with Crippen LogP contribution in [0.15, 0.2) is 29.2 Å².